The van der Waals surface area contributed by atoms with Crippen LogP contribution in [0, 0.1) is 0 Å². The first-order valence-corrected chi connectivity index (χ1v) is 10.1. The standard InChI is InChI=1S/C20H32O8/c1-2-3-4-6-14(21)9-11-16-18-13-19(28-27-18)17(26-25-16)12-10-15(22)7-5-8-20(23)24/h9-12,14-19,21-22H,2-8,13H2,1H3,(H,23,24)/b11-9+,12-10+/t14?,15-,16?,17?,18?,19?/m0/s1. The number of carbonyl (C=O) groups is 1. The van der Waals surface area contributed by atoms with Gasteiger partial charge in [0.1, 0.15) is 24.4 Å². The lowest BCUT2D eigenvalue weighted by Gasteiger charge is -2.21. The highest BCUT2D eigenvalue weighted by Crippen LogP contribution is 2.30. The lowest BCUT2D eigenvalue weighted by molar-refractivity contribution is -0.413. The summed E-state index contributed by atoms with van der Waals surface area (Å²) in [6.07, 6.45) is 8.79. The number of carboxylic acid groups (broad SMARTS) is 1. The van der Waals surface area contributed by atoms with Crippen molar-refractivity contribution < 1.29 is 39.7 Å². The van der Waals surface area contributed by atoms with Gasteiger partial charge in [0, 0.05) is 12.8 Å². The molecule has 2 aliphatic heterocycles. The van der Waals surface area contributed by atoms with Gasteiger partial charge in [0.2, 0.25) is 0 Å². The Morgan fingerprint density at radius 2 is 1.46 bits per heavy atom. The smallest absolute Gasteiger partial charge is 0.303 e. The molecular formula is C20H32O8. The van der Waals surface area contributed by atoms with E-state index in [9.17, 15) is 15.0 Å². The van der Waals surface area contributed by atoms with E-state index in [4.69, 9.17) is 24.7 Å². The van der Waals surface area contributed by atoms with Crippen LogP contribution in [0.1, 0.15) is 58.3 Å². The number of hydrogen-bond donors (Lipinski definition) is 3. The summed E-state index contributed by atoms with van der Waals surface area (Å²) < 4.78 is 0. The Morgan fingerprint density at radius 1 is 0.929 bits per heavy atom. The number of carboxylic acids is 1. The van der Waals surface area contributed by atoms with Crippen LogP contribution >= 0.6 is 0 Å². The van der Waals surface area contributed by atoms with Gasteiger partial charge < -0.3 is 15.3 Å². The van der Waals surface area contributed by atoms with Crippen molar-refractivity contribution in [3.05, 3.63) is 24.3 Å². The topological polar surface area (TPSA) is 115 Å². The average molecular weight is 400 g/mol. The first kappa shape index (κ1) is 23.0. The Labute approximate surface area is 165 Å². The van der Waals surface area contributed by atoms with Crippen LogP contribution < -0.4 is 0 Å². The second-order valence-electron chi connectivity index (χ2n) is 7.31. The van der Waals surface area contributed by atoms with Crippen molar-refractivity contribution in [2.45, 2.75) is 94.9 Å². The predicted octanol–water partition coefficient (Wildman–Crippen LogP) is 2.44. The minimum atomic E-state index is -0.881. The zero-order valence-corrected chi connectivity index (χ0v) is 16.3. The molecule has 0 radical (unpaired) electrons. The molecule has 6 atom stereocenters. The summed E-state index contributed by atoms with van der Waals surface area (Å²) in [5.41, 5.74) is 0. The van der Waals surface area contributed by atoms with E-state index < -0.39 is 30.4 Å². The van der Waals surface area contributed by atoms with E-state index in [1.165, 1.54) is 0 Å². The van der Waals surface area contributed by atoms with Crippen molar-refractivity contribution in [3.63, 3.8) is 0 Å². The molecule has 5 unspecified atom stereocenters. The Hall–Kier alpha value is -1.29. The summed E-state index contributed by atoms with van der Waals surface area (Å²) >= 11 is 0. The van der Waals surface area contributed by atoms with Crippen LogP contribution in [0.3, 0.4) is 0 Å². The summed E-state index contributed by atoms with van der Waals surface area (Å²) in [6.45, 7) is 2.12. The zero-order chi connectivity index (χ0) is 20.4. The van der Waals surface area contributed by atoms with Crippen LogP contribution in [-0.4, -0.2) is 57.9 Å². The Balaban J connectivity index is 1.81. The minimum absolute atomic E-state index is 0.0213. The second-order valence-corrected chi connectivity index (χ2v) is 7.31. The number of rotatable bonds is 12. The van der Waals surface area contributed by atoms with E-state index in [0.29, 0.717) is 25.7 Å². The highest BCUT2D eigenvalue weighted by molar-refractivity contribution is 5.66. The summed E-state index contributed by atoms with van der Waals surface area (Å²) in [5, 5.41) is 28.6. The fraction of sp³-hybridized carbons (Fsp3) is 0.750. The van der Waals surface area contributed by atoms with Gasteiger partial charge in [-0.2, -0.15) is 0 Å². The van der Waals surface area contributed by atoms with Gasteiger partial charge in [-0.05, 0) is 19.3 Å². The number of unbranched alkanes of at least 4 members (excludes halogenated alkanes) is 2. The average Bonchev–Trinajstić information content (AvgIpc) is 3.06. The number of aliphatic hydroxyl groups excluding tert-OH is 2. The first-order chi connectivity index (χ1) is 13.5. The molecule has 8 nitrogen and oxygen atoms in total. The Kier molecular flexibility index (Phi) is 10.1. The molecular weight excluding hydrogens is 368 g/mol. The van der Waals surface area contributed by atoms with E-state index in [-0.39, 0.29) is 18.6 Å². The highest BCUT2D eigenvalue weighted by Gasteiger charge is 2.42. The van der Waals surface area contributed by atoms with Gasteiger partial charge in [-0.1, -0.05) is 50.5 Å². The quantitative estimate of drug-likeness (QED) is 0.260. The molecule has 2 heterocycles. The van der Waals surface area contributed by atoms with Gasteiger partial charge in [-0.3, -0.25) is 4.79 Å². The molecule has 0 aliphatic carbocycles. The van der Waals surface area contributed by atoms with Crippen molar-refractivity contribution >= 4 is 5.97 Å². The number of aliphatic carboxylic acids is 1. The fourth-order valence-electron chi connectivity index (χ4n) is 3.13. The molecule has 2 aliphatic rings. The molecule has 3 N–H and O–H groups in total. The maximum Gasteiger partial charge on any atom is 0.303 e. The molecule has 0 aromatic rings. The van der Waals surface area contributed by atoms with Crippen molar-refractivity contribution in [1.82, 2.24) is 0 Å². The van der Waals surface area contributed by atoms with Crippen molar-refractivity contribution in [2.24, 2.45) is 0 Å². The van der Waals surface area contributed by atoms with E-state index in [0.717, 1.165) is 19.3 Å². The molecule has 0 amide bonds. The molecule has 160 valence electrons. The molecule has 8 heteroatoms. The van der Waals surface area contributed by atoms with E-state index >= 15 is 0 Å². The summed E-state index contributed by atoms with van der Waals surface area (Å²) in [6, 6.07) is 0. The highest BCUT2D eigenvalue weighted by atomic mass is 17.3. The maximum absolute atomic E-state index is 10.5. The first-order valence-electron chi connectivity index (χ1n) is 10.1. The molecule has 0 saturated carbocycles. The molecule has 0 aromatic heterocycles. The van der Waals surface area contributed by atoms with Gasteiger partial charge in [0.05, 0.1) is 12.2 Å². The molecule has 2 bridgehead atoms. The third-order valence-corrected chi connectivity index (χ3v) is 4.82. The summed E-state index contributed by atoms with van der Waals surface area (Å²) in [5.74, 6) is -0.881. The van der Waals surface area contributed by atoms with E-state index in [1.807, 2.05) is 0 Å². The number of hydrogen-bond acceptors (Lipinski definition) is 7. The third kappa shape index (κ3) is 7.98. The number of aliphatic hydroxyl groups is 2. The van der Waals surface area contributed by atoms with Crippen LogP contribution in [0.2, 0.25) is 0 Å². The van der Waals surface area contributed by atoms with Gasteiger partial charge in [0.25, 0.3) is 0 Å². The van der Waals surface area contributed by atoms with Gasteiger partial charge >= 0.3 is 5.97 Å². The van der Waals surface area contributed by atoms with Gasteiger partial charge in [0.15, 0.2) is 0 Å². The van der Waals surface area contributed by atoms with Crippen LogP contribution in [0.25, 0.3) is 0 Å². The van der Waals surface area contributed by atoms with E-state index in [2.05, 4.69) is 6.92 Å². The van der Waals surface area contributed by atoms with Crippen LogP contribution in [-0.2, 0) is 24.3 Å². The zero-order valence-electron chi connectivity index (χ0n) is 16.3. The number of fused-ring (bicyclic) bond motifs is 2. The van der Waals surface area contributed by atoms with Crippen LogP contribution in [0.15, 0.2) is 24.3 Å². The Morgan fingerprint density at radius 3 is 1.96 bits per heavy atom. The molecule has 2 rings (SSSR count). The fourth-order valence-corrected chi connectivity index (χ4v) is 3.13. The monoisotopic (exact) mass is 400 g/mol. The van der Waals surface area contributed by atoms with Crippen molar-refractivity contribution in [2.75, 3.05) is 0 Å². The second kappa shape index (κ2) is 12.3. The normalized spacial score (nSPS) is 30.0. The lowest BCUT2D eigenvalue weighted by atomic mass is 10.0. The largest absolute Gasteiger partial charge is 0.481 e. The van der Waals surface area contributed by atoms with Gasteiger partial charge in [-0.25, -0.2) is 19.6 Å². The summed E-state index contributed by atoms with van der Waals surface area (Å²) in [4.78, 5) is 32.1. The predicted molar refractivity (Wildman–Crippen MR) is 100 cm³/mol. The van der Waals surface area contributed by atoms with Crippen LogP contribution in [0.4, 0.5) is 0 Å². The molecule has 0 spiro atoms. The molecule has 2 fully saturated rings. The van der Waals surface area contributed by atoms with Gasteiger partial charge in [-0.15, -0.1) is 0 Å². The van der Waals surface area contributed by atoms with Crippen LogP contribution in [0.5, 0.6) is 0 Å². The van der Waals surface area contributed by atoms with Crippen molar-refractivity contribution in [3.8, 4) is 0 Å². The maximum atomic E-state index is 10.5. The molecule has 0 aromatic carbocycles. The minimum Gasteiger partial charge on any atom is -0.481 e. The Bertz CT molecular complexity index is 520. The van der Waals surface area contributed by atoms with E-state index in [1.54, 1.807) is 24.3 Å². The lowest BCUT2D eigenvalue weighted by Crippen LogP contribution is -2.29. The SMILES string of the molecule is CCCCCC(O)/C=C/C1OOC(/C=C/[C@@H](O)CCCC(=O)O)C2CC1OO2. The molecule has 2 saturated heterocycles. The summed E-state index contributed by atoms with van der Waals surface area (Å²) in [7, 11) is 0. The molecule has 28 heavy (non-hydrogen) atoms. The van der Waals surface area contributed by atoms with Crippen molar-refractivity contribution in [1.29, 1.82) is 0 Å². The third-order valence-electron chi connectivity index (χ3n) is 4.82.